The Morgan fingerprint density at radius 2 is 1.03 bits per heavy atom. The molecule has 0 unspecified atom stereocenters. The van der Waals surface area contributed by atoms with Crippen molar-refractivity contribution >= 4 is 53.8 Å². The van der Waals surface area contributed by atoms with Crippen molar-refractivity contribution in [2.24, 2.45) is 10.3 Å². The lowest BCUT2D eigenvalue weighted by atomic mass is 10.2. The number of ether oxygens (including phenoxy) is 1. The third kappa shape index (κ3) is 10.6. The van der Waals surface area contributed by atoms with Crippen LogP contribution in [-0.2, 0) is 33.5 Å². The van der Waals surface area contributed by atoms with Gasteiger partial charge in [0.05, 0.1) is 13.2 Å². The van der Waals surface area contributed by atoms with Gasteiger partial charge in [0.25, 0.3) is 0 Å². The predicted molar refractivity (Wildman–Crippen MR) is 141 cm³/mol. The first-order chi connectivity index (χ1) is 16.5. The molecule has 0 atom stereocenters. The third-order valence-electron chi connectivity index (χ3n) is 4.22. The van der Waals surface area contributed by atoms with Gasteiger partial charge in [-0.15, -0.1) is 23.5 Å². The molecule has 2 rings (SSSR count). The summed E-state index contributed by atoms with van der Waals surface area (Å²) < 4.78 is 63.5. The van der Waals surface area contributed by atoms with E-state index in [4.69, 9.17) is 13.3 Å². The fraction of sp³-hybridized carbons (Fsp3) is 0.364. The van der Waals surface area contributed by atoms with E-state index in [1.165, 1.54) is 47.8 Å². The van der Waals surface area contributed by atoms with Crippen LogP contribution in [0.4, 0.5) is 0 Å². The Balaban J connectivity index is 1.63. The van der Waals surface area contributed by atoms with Crippen LogP contribution in [0, 0.1) is 13.8 Å². The monoisotopic (exact) mass is 560 g/mol. The summed E-state index contributed by atoms with van der Waals surface area (Å²) in [4.78, 5) is 0.0879. The topological polar surface area (TPSA) is 121 Å². The summed E-state index contributed by atoms with van der Waals surface area (Å²) in [5.41, 5.74) is 1.89. The summed E-state index contributed by atoms with van der Waals surface area (Å²) in [5, 5.41) is 8.25. The molecule has 0 heterocycles. The van der Waals surface area contributed by atoms with Gasteiger partial charge in [0.2, 0.25) is 0 Å². The molecule has 13 heteroatoms. The Kier molecular flexibility index (Phi) is 11.6. The van der Waals surface area contributed by atoms with Crippen LogP contribution in [0.2, 0.25) is 0 Å². The summed E-state index contributed by atoms with van der Waals surface area (Å²) in [5.74, 6) is 1.11. The average molecular weight is 561 g/mol. The summed E-state index contributed by atoms with van der Waals surface area (Å²) in [6, 6.07) is 12.6. The zero-order valence-corrected chi connectivity index (χ0v) is 23.1. The summed E-state index contributed by atoms with van der Waals surface area (Å²) in [6.45, 7) is 7.85. The Morgan fingerprint density at radius 3 is 1.37 bits per heavy atom. The van der Waals surface area contributed by atoms with Crippen molar-refractivity contribution < 1.29 is 30.1 Å². The molecule has 0 N–H and O–H groups in total. The highest BCUT2D eigenvalue weighted by atomic mass is 32.2. The molecule has 2 aromatic carbocycles. The van der Waals surface area contributed by atoms with Crippen molar-refractivity contribution in [3.05, 3.63) is 59.7 Å². The van der Waals surface area contributed by atoms with Crippen molar-refractivity contribution in [3.8, 4) is 0 Å². The van der Waals surface area contributed by atoms with E-state index in [9.17, 15) is 16.8 Å². The molecule has 9 nitrogen and oxygen atoms in total. The normalized spacial score (nSPS) is 13.0. The molecule has 0 aliphatic rings. The van der Waals surface area contributed by atoms with Crippen LogP contribution in [0.3, 0.4) is 0 Å². The van der Waals surface area contributed by atoms with E-state index in [-0.39, 0.29) is 9.79 Å². The molecule has 0 spiro atoms. The average Bonchev–Trinajstić information content (AvgIpc) is 2.81. The maximum atomic E-state index is 12.1. The van der Waals surface area contributed by atoms with Crippen molar-refractivity contribution in [2.45, 2.75) is 37.5 Å². The number of hydrogen-bond acceptors (Lipinski definition) is 11. The van der Waals surface area contributed by atoms with E-state index >= 15 is 0 Å². The highest BCUT2D eigenvalue weighted by molar-refractivity contribution is 8.14. The summed E-state index contributed by atoms with van der Waals surface area (Å²) in [7, 11) is -7.90. The van der Waals surface area contributed by atoms with Crippen LogP contribution in [-0.4, -0.2) is 51.6 Å². The first kappa shape index (κ1) is 29.2. The molecule has 0 aliphatic heterocycles. The Morgan fingerprint density at radius 1 is 0.686 bits per heavy atom. The Labute approximate surface area is 215 Å². The van der Waals surface area contributed by atoms with E-state index in [0.717, 1.165) is 11.1 Å². The first-order valence-electron chi connectivity index (χ1n) is 10.4. The van der Waals surface area contributed by atoms with E-state index in [1.807, 2.05) is 13.8 Å². The van der Waals surface area contributed by atoms with Gasteiger partial charge in [-0.2, -0.15) is 16.8 Å². The van der Waals surface area contributed by atoms with Gasteiger partial charge in [-0.3, -0.25) is 8.57 Å². The second-order valence-electron chi connectivity index (χ2n) is 7.21. The van der Waals surface area contributed by atoms with E-state index in [1.54, 1.807) is 38.1 Å². The number of rotatable bonds is 12. The van der Waals surface area contributed by atoms with Gasteiger partial charge < -0.3 is 4.74 Å². The van der Waals surface area contributed by atoms with Gasteiger partial charge in [-0.25, -0.2) is 0 Å². The van der Waals surface area contributed by atoms with E-state index < -0.39 is 20.2 Å². The number of hydrogen-bond donors (Lipinski definition) is 0. The molecule has 35 heavy (non-hydrogen) atoms. The van der Waals surface area contributed by atoms with Crippen molar-refractivity contribution in [2.75, 3.05) is 24.7 Å². The van der Waals surface area contributed by atoms with Gasteiger partial charge in [0.1, 0.15) is 19.9 Å². The van der Waals surface area contributed by atoms with Crippen LogP contribution >= 0.6 is 23.5 Å². The highest BCUT2D eigenvalue weighted by Gasteiger charge is 2.16. The van der Waals surface area contributed by atoms with Crippen LogP contribution in [0.15, 0.2) is 68.6 Å². The van der Waals surface area contributed by atoms with Gasteiger partial charge in [0.15, 0.2) is 0 Å². The zero-order valence-electron chi connectivity index (χ0n) is 19.8. The number of nitrogens with zero attached hydrogens (tertiary/aromatic N) is 2. The van der Waals surface area contributed by atoms with Gasteiger partial charge in [-0.1, -0.05) is 45.7 Å². The summed E-state index contributed by atoms with van der Waals surface area (Å²) in [6.07, 6.45) is 0. The molecule has 0 aromatic heterocycles. The molecule has 0 saturated heterocycles. The molecule has 192 valence electrons. The number of thioether (sulfide) groups is 2. The zero-order chi connectivity index (χ0) is 25.9. The highest BCUT2D eigenvalue weighted by Crippen LogP contribution is 2.16. The standard InChI is InChI=1S/C22H28N2O7S4/c1-17-5-9-21(10-6-17)34(25,26)30-23-19(3)32-15-13-29-14-16-33-20(4)24-31-35(27,28)22-11-7-18(2)8-12-22/h5-12H,13-16H2,1-4H3. The number of aryl methyl sites for hydroxylation is 2. The second-order valence-corrected chi connectivity index (χ2v) is 12.8. The molecule has 0 bridgehead atoms. The maximum absolute atomic E-state index is 12.1. The Bertz CT molecular complexity index is 1130. The Hall–Kier alpha value is -2.06. The van der Waals surface area contributed by atoms with Crippen LogP contribution in [0.25, 0.3) is 0 Å². The largest absolute Gasteiger partial charge is 0.380 e. The molecule has 0 amide bonds. The lowest BCUT2D eigenvalue weighted by Gasteiger charge is -2.05. The van der Waals surface area contributed by atoms with E-state index in [2.05, 4.69) is 10.3 Å². The molecule has 0 fully saturated rings. The minimum absolute atomic E-state index is 0.0439. The smallest absolute Gasteiger partial charge is 0.358 e. The first-order valence-corrected chi connectivity index (χ1v) is 15.2. The SMILES string of the molecule is CC(=NOS(=O)(=O)c1ccc(C)cc1)SCCOCCSC(C)=NOS(=O)(=O)c1ccc(C)cc1. The van der Waals surface area contributed by atoms with Crippen molar-refractivity contribution in [1.29, 1.82) is 0 Å². The number of oxime groups is 2. The molecular weight excluding hydrogens is 533 g/mol. The van der Waals surface area contributed by atoms with Crippen LogP contribution in [0.1, 0.15) is 25.0 Å². The maximum Gasteiger partial charge on any atom is 0.358 e. The van der Waals surface area contributed by atoms with E-state index in [0.29, 0.717) is 34.8 Å². The lowest BCUT2D eigenvalue weighted by Crippen LogP contribution is -2.06. The molecule has 0 aliphatic carbocycles. The number of benzene rings is 2. The fourth-order valence-corrected chi connectivity index (χ4v) is 5.15. The summed E-state index contributed by atoms with van der Waals surface area (Å²) >= 11 is 2.61. The lowest BCUT2D eigenvalue weighted by molar-refractivity contribution is 0.167. The molecule has 0 radical (unpaired) electrons. The minimum Gasteiger partial charge on any atom is -0.380 e. The predicted octanol–water partition coefficient (Wildman–Crippen LogP) is 4.56. The minimum atomic E-state index is -3.95. The quantitative estimate of drug-likeness (QED) is 0.159. The molecule has 0 saturated carbocycles. The van der Waals surface area contributed by atoms with Crippen LogP contribution < -0.4 is 0 Å². The molecular formula is C22H28N2O7S4. The molecule has 2 aromatic rings. The van der Waals surface area contributed by atoms with Crippen LogP contribution in [0.5, 0.6) is 0 Å². The van der Waals surface area contributed by atoms with Crippen molar-refractivity contribution in [3.63, 3.8) is 0 Å². The van der Waals surface area contributed by atoms with Crippen molar-refractivity contribution in [1.82, 2.24) is 0 Å². The van der Waals surface area contributed by atoms with Gasteiger partial charge in [-0.05, 0) is 52.0 Å². The second kappa shape index (κ2) is 13.9. The van der Waals surface area contributed by atoms with Gasteiger partial charge >= 0.3 is 20.2 Å². The third-order valence-corrected chi connectivity index (χ3v) is 8.19. The fourth-order valence-electron chi connectivity index (χ4n) is 2.35. The van der Waals surface area contributed by atoms with Gasteiger partial charge in [0, 0.05) is 11.5 Å².